The summed E-state index contributed by atoms with van der Waals surface area (Å²) in [6.45, 7) is 5.62. The monoisotopic (exact) mass is 674 g/mol. The smallest absolute Gasteiger partial charge is 0.408 e. The van der Waals surface area contributed by atoms with Crippen LogP contribution in [0.3, 0.4) is 0 Å². The Bertz CT molecular complexity index is 2280. The summed E-state index contributed by atoms with van der Waals surface area (Å²) in [4.78, 5) is 34.6. The van der Waals surface area contributed by atoms with Gasteiger partial charge in [-0.05, 0) is 93.1 Å². The molecule has 0 atom stereocenters. The number of imidazole rings is 1. The first-order chi connectivity index (χ1) is 24.6. The molecule has 0 bridgehead atoms. The van der Waals surface area contributed by atoms with E-state index in [1.807, 2.05) is 57.2 Å². The topological polar surface area (TPSA) is 124 Å². The highest BCUT2D eigenvalue weighted by Crippen LogP contribution is 2.46. The Morgan fingerprint density at radius 3 is 2.12 bits per heavy atom. The van der Waals surface area contributed by atoms with Gasteiger partial charge in [0, 0.05) is 28.5 Å². The van der Waals surface area contributed by atoms with Crippen molar-refractivity contribution in [2.45, 2.75) is 51.2 Å². The quantitative estimate of drug-likeness (QED) is 0.162. The first kappa shape index (κ1) is 32.0. The Morgan fingerprint density at radius 2 is 1.47 bits per heavy atom. The minimum absolute atomic E-state index is 0.405. The van der Waals surface area contributed by atoms with E-state index in [0.717, 1.165) is 87.0 Å². The van der Waals surface area contributed by atoms with Crippen molar-refractivity contribution in [3.05, 3.63) is 127 Å². The lowest BCUT2D eigenvalue weighted by atomic mass is 9.71. The van der Waals surface area contributed by atoms with Crippen LogP contribution >= 0.6 is 0 Å². The molecule has 0 spiro atoms. The first-order valence-corrected chi connectivity index (χ1v) is 17.2. The van der Waals surface area contributed by atoms with Crippen LogP contribution in [0.25, 0.3) is 50.7 Å². The third kappa shape index (κ3) is 5.90. The minimum atomic E-state index is -0.582. The summed E-state index contributed by atoms with van der Waals surface area (Å²) in [7, 11) is 0. The second kappa shape index (κ2) is 12.3. The second-order valence-corrected chi connectivity index (χ2v) is 14.2. The van der Waals surface area contributed by atoms with Crippen LogP contribution in [0.2, 0.25) is 0 Å². The molecule has 9 heteroatoms. The van der Waals surface area contributed by atoms with E-state index in [-0.39, 0.29) is 0 Å². The number of anilines is 2. The zero-order chi connectivity index (χ0) is 35.3. The van der Waals surface area contributed by atoms with Crippen molar-refractivity contribution in [1.82, 2.24) is 19.9 Å². The number of carbonyl (C=O) groups is 2. The summed E-state index contributed by atoms with van der Waals surface area (Å²) in [5, 5.41) is 6.72. The molecule has 0 saturated heterocycles. The molecule has 4 aromatic carbocycles. The number of nitrogens with one attached hydrogen (secondary N) is 2. The number of nitrogens with zero attached hydrogens (tertiary/aromatic N) is 3. The highest BCUT2D eigenvalue weighted by molar-refractivity contribution is 5.94. The summed E-state index contributed by atoms with van der Waals surface area (Å²) >= 11 is 0. The summed E-state index contributed by atoms with van der Waals surface area (Å²) in [5.41, 5.74) is 14.3. The Labute approximate surface area is 296 Å². The number of aromatic nitrogens is 3. The largest absolute Gasteiger partial charge is 0.444 e. The van der Waals surface area contributed by atoms with E-state index < -0.39 is 23.1 Å². The summed E-state index contributed by atoms with van der Waals surface area (Å²) in [6, 6.07) is 36.2. The van der Waals surface area contributed by atoms with Crippen LogP contribution in [0, 0.1) is 0 Å². The summed E-state index contributed by atoms with van der Waals surface area (Å²) in [6.07, 6.45) is 4.10. The van der Waals surface area contributed by atoms with Gasteiger partial charge in [0.15, 0.2) is 5.82 Å². The zero-order valence-corrected chi connectivity index (χ0v) is 28.7. The maximum Gasteiger partial charge on any atom is 0.408 e. The van der Waals surface area contributed by atoms with Crippen LogP contribution < -0.4 is 16.4 Å². The van der Waals surface area contributed by atoms with E-state index in [9.17, 15) is 9.59 Å². The number of primary amides is 1. The molecule has 2 aliphatic rings. The van der Waals surface area contributed by atoms with Gasteiger partial charge in [0.1, 0.15) is 11.4 Å². The Morgan fingerprint density at radius 1 is 0.824 bits per heavy atom. The first-order valence-electron chi connectivity index (χ1n) is 17.2. The normalized spacial score (nSPS) is 14.1. The third-order valence-electron chi connectivity index (χ3n) is 9.65. The van der Waals surface area contributed by atoms with Crippen molar-refractivity contribution in [1.29, 1.82) is 0 Å². The zero-order valence-electron chi connectivity index (χ0n) is 28.7. The van der Waals surface area contributed by atoms with Crippen molar-refractivity contribution >= 4 is 23.5 Å². The van der Waals surface area contributed by atoms with Crippen LogP contribution in [0.15, 0.2) is 115 Å². The number of hydrogen-bond acceptors (Lipinski definition) is 6. The predicted octanol–water partition coefficient (Wildman–Crippen LogP) is 9.00. The van der Waals surface area contributed by atoms with Gasteiger partial charge in [-0.15, -0.1) is 0 Å². The van der Waals surface area contributed by atoms with Gasteiger partial charge in [0.05, 0.1) is 28.3 Å². The van der Waals surface area contributed by atoms with Crippen molar-refractivity contribution in [3.63, 3.8) is 0 Å². The molecule has 1 aliphatic carbocycles. The maximum absolute atomic E-state index is 12.9. The van der Waals surface area contributed by atoms with Gasteiger partial charge in [0.2, 0.25) is 5.91 Å². The molecule has 9 nitrogen and oxygen atoms in total. The van der Waals surface area contributed by atoms with E-state index in [1.165, 1.54) is 0 Å². The van der Waals surface area contributed by atoms with Crippen LogP contribution in [0.5, 0.6) is 0 Å². The fourth-order valence-corrected chi connectivity index (χ4v) is 7.00. The molecular formula is C42H38N6O3. The molecule has 2 aromatic heterocycles. The number of hydrogen-bond donors (Lipinski definition) is 3. The van der Waals surface area contributed by atoms with E-state index in [1.54, 1.807) is 18.3 Å². The molecule has 254 valence electrons. The lowest BCUT2D eigenvalue weighted by molar-refractivity contribution is 0.0377. The highest BCUT2D eigenvalue weighted by atomic mass is 16.6. The SMILES string of the molecule is CC(C)(C)OC(=O)NC1(c2ccc(-c3c(-c4ccc(-c5ccc(C(N)=O)cc5)cc4)nc4n3-c3cccnc3Nc3ccccc3-4)cc2)CCC1. The van der Waals surface area contributed by atoms with Crippen molar-refractivity contribution in [2.75, 3.05) is 5.32 Å². The number of pyridine rings is 1. The van der Waals surface area contributed by atoms with Gasteiger partial charge in [-0.1, -0.05) is 72.8 Å². The number of benzene rings is 4. The second-order valence-electron chi connectivity index (χ2n) is 14.2. The van der Waals surface area contributed by atoms with Crippen molar-refractivity contribution < 1.29 is 14.3 Å². The third-order valence-corrected chi connectivity index (χ3v) is 9.65. The van der Waals surface area contributed by atoms with Gasteiger partial charge in [-0.25, -0.2) is 14.8 Å². The van der Waals surface area contributed by atoms with Crippen LogP contribution in [0.1, 0.15) is 56.0 Å². The molecule has 51 heavy (non-hydrogen) atoms. The van der Waals surface area contributed by atoms with Crippen molar-refractivity contribution in [3.8, 4) is 50.7 Å². The van der Waals surface area contributed by atoms with Gasteiger partial charge in [0.25, 0.3) is 0 Å². The van der Waals surface area contributed by atoms with Gasteiger partial charge in [-0.3, -0.25) is 9.36 Å². The molecule has 2 amide bonds. The van der Waals surface area contributed by atoms with Gasteiger partial charge < -0.3 is 21.1 Å². The molecule has 1 saturated carbocycles. The van der Waals surface area contributed by atoms with E-state index in [0.29, 0.717) is 5.56 Å². The lowest BCUT2D eigenvalue weighted by Gasteiger charge is -2.43. The molecule has 1 fully saturated rings. The molecule has 1 aliphatic heterocycles. The average Bonchev–Trinajstić information content (AvgIpc) is 3.44. The molecule has 4 N–H and O–H groups in total. The molecule has 0 unspecified atom stereocenters. The summed E-state index contributed by atoms with van der Waals surface area (Å²) in [5.74, 6) is 1.08. The molecule has 6 aromatic rings. The molecular weight excluding hydrogens is 637 g/mol. The molecule has 8 rings (SSSR count). The maximum atomic E-state index is 12.9. The Hall–Kier alpha value is -6.22. The van der Waals surface area contributed by atoms with Crippen LogP contribution in [0.4, 0.5) is 16.3 Å². The number of alkyl carbamates (subject to hydrolysis) is 1. The average molecular weight is 675 g/mol. The van der Waals surface area contributed by atoms with Gasteiger partial charge >= 0.3 is 6.09 Å². The Balaban J connectivity index is 1.26. The number of ether oxygens (including phenoxy) is 1. The number of fused-ring (bicyclic) bond motifs is 5. The fraction of sp³-hybridized carbons (Fsp3) is 0.190. The summed E-state index contributed by atoms with van der Waals surface area (Å²) < 4.78 is 7.83. The fourth-order valence-electron chi connectivity index (χ4n) is 7.00. The standard InChI is InChI=1S/C42H38N6O3/c1-41(2,3)51-40(50)47-42(23-7-24-42)31-21-19-29(20-22-31)36-35(28-15-11-26(12-16-28)27-13-17-30(18-14-27)37(43)49)46-39-32-8-4-5-9-33(32)45-38-34(48(36)39)10-6-25-44-38/h4-6,8-22,25H,7,23-24H2,1-3H3,(H2,43,49)(H,44,45)(H,47,50). The number of carbonyl (C=O) groups excluding carboxylic acids is 2. The highest BCUT2D eigenvalue weighted by Gasteiger charge is 2.41. The number of rotatable bonds is 6. The van der Waals surface area contributed by atoms with E-state index in [4.69, 9.17) is 20.4 Å². The van der Waals surface area contributed by atoms with Crippen LogP contribution in [-0.2, 0) is 10.3 Å². The van der Waals surface area contributed by atoms with Gasteiger partial charge in [-0.2, -0.15) is 0 Å². The predicted molar refractivity (Wildman–Crippen MR) is 200 cm³/mol. The van der Waals surface area contributed by atoms with E-state index in [2.05, 4.69) is 75.9 Å². The lowest BCUT2D eigenvalue weighted by Crippen LogP contribution is -2.52. The minimum Gasteiger partial charge on any atom is -0.444 e. The van der Waals surface area contributed by atoms with Crippen LogP contribution in [-0.4, -0.2) is 32.1 Å². The number of nitrogens with two attached hydrogens (primary N) is 1. The Kier molecular flexibility index (Phi) is 7.71. The molecule has 3 heterocycles. The van der Waals surface area contributed by atoms with E-state index >= 15 is 0 Å². The number of para-hydroxylation sites is 1. The molecule has 0 radical (unpaired) electrons. The number of amides is 2. The van der Waals surface area contributed by atoms with Crippen molar-refractivity contribution in [2.24, 2.45) is 5.73 Å².